The number of oxime groups is 1. The third-order valence-corrected chi connectivity index (χ3v) is 5.77. The van der Waals surface area contributed by atoms with Gasteiger partial charge in [-0.3, -0.25) is 0 Å². The quantitative estimate of drug-likeness (QED) is 0.200. The van der Waals surface area contributed by atoms with Crippen LogP contribution in [0.25, 0.3) is 21.8 Å². The molecule has 0 N–H and O–H groups in total. The van der Waals surface area contributed by atoms with Crippen LogP contribution in [0.1, 0.15) is 5.56 Å². The van der Waals surface area contributed by atoms with Gasteiger partial charge in [-0.05, 0) is 12.1 Å². The highest BCUT2D eigenvalue weighted by Gasteiger charge is 2.27. The van der Waals surface area contributed by atoms with E-state index in [9.17, 15) is 4.79 Å². The van der Waals surface area contributed by atoms with Gasteiger partial charge in [0.2, 0.25) is 11.6 Å². The summed E-state index contributed by atoms with van der Waals surface area (Å²) in [4.78, 5) is 32.4. The molecule has 0 bridgehead atoms. The SMILES string of the molecule is CON=C(C(=O)OC)c1c(Oc2cccc(-c3csc(-c4ccccc4)n3)c2)ncnc1N(C)C. The first kappa shape index (κ1) is 23.8. The summed E-state index contributed by atoms with van der Waals surface area (Å²) in [6.07, 6.45) is 1.35. The van der Waals surface area contributed by atoms with Crippen LogP contribution in [0.15, 0.2) is 71.5 Å². The van der Waals surface area contributed by atoms with Gasteiger partial charge in [0.25, 0.3) is 0 Å². The van der Waals surface area contributed by atoms with E-state index in [0.29, 0.717) is 11.6 Å². The van der Waals surface area contributed by atoms with Gasteiger partial charge < -0.3 is 19.2 Å². The Morgan fingerprint density at radius 3 is 2.49 bits per heavy atom. The first-order valence-electron chi connectivity index (χ1n) is 10.5. The average Bonchev–Trinajstić information content (AvgIpc) is 3.38. The Morgan fingerprint density at radius 2 is 1.77 bits per heavy atom. The van der Waals surface area contributed by atoms with Gasteiger partial charge in [0, 0.05) is 30.6 Å². The number of methoxy groups -OCH3 is 1. The summed E-state index contributed by atoms with van der Waals surface area (Å²) in [5.41, 5.74) is 2.90. The molecule has 2 aromatic heterocycles. The van der Waals surface area contributed by atoms with Crippen molar-refractivity contribution in [1.29, 1.82) is 0 Å². The molecule has 10 heteroatoms. The number of hydrogen-bond acceptors (Lipinski definition) is 10. The predicted molar refractivity (Wildman–Crippen MR) is 135 cm³/mol. The molecule has 9 nitrogen and oxygen atoms in total. The molecule has 2 heterocycles. The lowest BCUT2D eigenvalue weighted by atomic mass is 10.1. The number of benzene rings is 2. The molecule has 0 spiro atoms. The van der Waals surface area contributed by atoms with Crippen molar-refractivity contribution in [2.45, 2.75) is 0 Å². The second-order valence-corrected chi connectivity index (χ2v) is 8.28. The lowest BCUT2D eigenvalue weighted by molar-refractivity contribution is -0.132. The van der Waals surface area contributed by atoms with Crippen LogP contribution in [0.3, 0.4) is 0 Å². The molecule has 4 rings (SSSR count). The minimum Gasteiger partial charge on any atom is -0.464 e. The van der Waals surface area contributed by atoms with Gasteiger partial charge in [-0.15, -0.1) is 11.3 Å². The average molecular weight is 490 g/mol. The molecule has 0 saturated heterocycles. The topological polar surface area (TPSA) is 99.0 Å². The van der Waals surface area contributed by atoms with Gasteiger partial charge in [0.05, 0.1) is 12.8 Å². The number of ether oxygens (including phenoxy) is 2. The molecule has 0 aliphatic carbocycles. The second kappa shape index (κ2) is 10.7. The molecule has 0 saturated carbocycles. The Hall–Kier alpha value is -4.31. The monoisotopic (exact) mass is 489 g/mol. The molecule has 0 aliphatic heterocycles. The summed E-state index contributed by atoms with van der Waals surface area (Å²) in [5.74, 6) is 0.340. The van der Waals surface area contributed by atoms with Crippen LogP contribution in [0, 0.1) is 0 Å². The zero-order valence-corrected chi connectivity index (χ0v) is 20.4. The molecule has 0 fully saturated rings. The number of rotatable bonds is 8. The van der Waals surface area contributed by atoms with Crippen molar-refractivity contribution < 1.29 is 19.1 Å². The Balaban J connectivity index is 1.71. The number of carbonyl (C=O) groups is 1. The highest BCUT2D eigenvalue weighted by Crippen LogP contribution is 2.33. The Kier molecular flexibility index (Phi) is 7.32. The van der Waals surface area contributed by atoms with E-state index in [4.69, 9.17) is 19.3 Å². The largest absolute Gasteiger partial charge is 0.464 e. The molecule has 0 unspecified atom stereocenters. The van der Waals surface area contributed by atoms with Gasteiger partial charge in [-0.1, -0.05) is 47.6 Å². The third-order valence-electron chi connectivity index (χ3n) is 4.88. The molecule has 0 amide bonds. The van der Waals surface area contributed by atoms with Crippen molar-refractivity contribution in [1.82, 2.24) is 15.0 Å². The fourth-order valence-corrected chi connectivity index (χ4v) is 4.14. The van der Waals surface area contributed by atoms with Crippen LogP contribution in [-0.4, -0.2) is 54.9 Å². The lowest BCUT2D eigenvalue weighted by Gasteiger charge is -2.18. The number of anilines is 1. The molecule has 0 atom stereocenters. The minimum absolute atomic E-state index is 0.113. The lowest BCUT2D eigenvalue weighted by Crippen LogP contribution is -2.24. The second-order valence-electron chi connectivity index (χ2n) is 7.42. The minimum atomic E-state index is -0.709. The van der Waals surface area contributed by atoms with Crippen LogP contribution in [-0.2, 0) is 14.4 Å². The van der Waals surface area contributed by atoms with Gasteiger partial charge >= 0.3 is 5.97 Å². The van der Waals surface area contributed by atoms with E-state index in [0.717, 1.165) is 21.8 Å². The molecule has 178 valence electrons. The number of thiazole rings is 1. The first-order chi connectivity index (χ1) is 17.0. The number of aromatic nitrogens is 3. The predicted octanol–water partition coefficient (Wildman–Crippen LogP) is 4.65. The summed E-state index contributed by atoms with van der Waals surface area (Å²) in [6, 6.07) is 17.5. The van der Waals surface area contributed by atoms with Gasteiger partial charge in [0.15, 0.2) is 0 Å². The van der Waals surface area contributed by atoms with Crippen molar-refractivity contribution in [3.05, 3.63) is 71.9 Å². The van der Waals surface area contributed by atoms with Gasteiger partial charge in [-0.25, -0.2) is 19.7 Å². The number of carbonyl (C=O) groups excluding carboxylic acids is 1. The Labute approximate surface area is 206 Å². The number of nitrogens with zero attached hydrogens (tertiary/aromatic N) is 5. The van der Waals surface area contributed by atoms with Crippen molar-refractivity contribution in [3.8, 4) is 33.5 Å². The molecule has 0 radical (unpaired) electrons. The number of hydrogen-bond donors (Lipinski definition) is 0. The maximum absolute atomic E-state index is 12.5. The van der Waals surface area contributed by atoms with Crippen LogP contribution >= 0.6 is 11.3 Å². The number of esters is 1. The van der Waals surface area contributed by atoms with E-state index in [1.165, 1.54) is 20.5 Å². The van der Waals surface area contributed by atoms with E-state index in [1.54, 1.807) is 36.4 Å². The molecule has 4 aromatic rings. The fourth-order valence-electron chi connectivity index (χ4n) is 3.31. The van der Waals surface area contributed by atoms with E-state index in [2.05, 4.69) is 15.1 Å². The summed E-state index contributed by atoms with van der Waals surface area (Å²) in [7, 11) is 6.16. The fraction of sp³-hybridized carbons (Fsp3) is 0.160. The van der Waals surface area contributed by atoms with Gasteiger partial charge in [0.1, 0.15) is 35.6 Å². The summed E-state index contributed by atoms with van der Waals surface area (Å²) >= 11 is 1.57. The summed E-state index contributed by atoms with van der Waals surface area (Å²) in [5, 5.41) is 6.79. The van der Waals surface area contributed by atoms with Crippen LogP contribution in [0.5, 0.6) is 11.6 Å². The normalized spacial score (nSPS) is 11.1. The summed E-state index contributed by atoms with van der Waals surface area (Å²) in [6.45, 7) is 0. The van der Waals surface area contributed by atoms with Gasteiger partial charge in [-0.2, -0.15) is 0 Å². The summed E-state index contributed by atoms with van der Waals surface area (Å²) < 4.78 is 11.0. The van der Waals surface area contributed by atoms with Crippen LogP contribution < -0.4 is 9.64 Å². The van der Waals surface area contributed by atoms with Crippen molar-refractivity contribution in [2.24, 2.45) is 5.16 Å². The first-order valence-corrected chi connectivity index (χ1v) is 11.4. The highest BCUT2D eigenvalue weighted by atomic mass is 32.1. The zero-order chi connectivity index (χ0) is 24.8. The highest BCUT2D eigenvalue weighted by molar-refractivity contribution is 7.13. The zero-order valence-electron chi connectivity index (χ0n) is 19.6. The van der Waals surface area contributed by atoms with Crippen molar-refractivity contribution >= 4 is 28.8 Å². The molecule has 2 aromatic carbocycles. The Morgan fingerprint density at radius 1 is 1.00 bits per heavy atom. The standard InChI is InChI=1S/C25H23N5O4S/c1-30(2)22-20(21(29-33-4)25(31)32-3)23(27-15-26-22)34-18-12-8-11-17(13-18)19-14-35-24(28-19)16-9-6-5-7-10-16/h5-15H,1-4H3. The molecule has 0 aliphatic rings. The smallest absolute Gasteiger partial charge is 0.361 e. The van der Waals surface area contributed by atoms with E-state index >= 15 is 0 Å². The van der Waals surface area contributed by atoms with Crippen LogP contribution in [0.4, 0.5) is 5.82 Å². The Bertz CT molecular complexity index is 1350. The maximum atomic E-state index is 12.5. The van der Waals surface area contributed by atoms with E-state index in [-0.39, 0.29) is 17.2 Å². The molecular formula is C25H23N5O4S. The maximum Gasteiger partial charge on any atom is 0.361 e. The molecule has 35 heavy (non-hydrogen) atoms. The van der Waals surface area contributed by atoms with E-state index < -0.39 is 5.97 Å². The van der Waals surface area contributed by atoms with E-state index in [1.807, 2.05) is 53.9 Å². The van der Waals surface area contributed by atoms with Crippen LogP contribution in [0.2, 0.25) is 0 Å². The van der Waals surface area contributed by atoms with Crippen molar-refractivity contribution in [3.63, 3.8) is 0 Å². The molecular weight excluding hydrogens is 466 g/mol. The third kappa shape index (κ3) is 5.28. The van der Waals surface area contributed by atoms with Crippen molar-refractivity contribution in [2.75, 3.05) is 33.2 Å².